The van der Waals surface area contributed by atoms with Gasteiger partial charge in [0.2, 0.25) is 11.9 Å². The molecule has 1 aromatic carbocycles. The van der Waals surface area contributed by atoms with Crippen molar-refractivity contribution in [3.05, 3.63) is 34.7 Å². The van der Waals surface area contributed by atoms with Gasteiger partial charge in [-0.1, -0.05) is 31.4 Å². The van der Waals surface area contributed by atoms with Crippen LogP contribution in [0.2, 0.25) is 5.02 Å². The van der Waals surface area contributed by atoms with E-state index in [2.05, 4.69) is 22.5 Å². The largest absolute Gasteiger partial charge is 0.393 e. The maximum Gasteiger partial charge on any atom is 0.224 e. The minimum absolute atomic E-state index is 0.0788. The van der Waals surface area contributed by atoms with E-state index in [1.807, 2.05) is 10.6 Å². The summed E-state index contributed by atoms with van der Waals surface area (Å²) in [7, 11) is 0. The van der Waals surface area contributed by atoms with Crippen LogP contribution >= 0.6 is 11.6 Å². The van der Waals surface area contributed by atoms with E-state index < -0.39 is 5.82 Å². The van der Waals surface area contributed by atoms with E-state index in [0.29, 0.717) is 35.4 Å². The average Bonchev–Trinajstić information content (AvgIpc) is 3.08. The van der Waals surface area contributed by atoms with Gasteiger partial charge in [-0.25, -0.2) is 14.4 Å². The number of rotatable bonds is 5. The standard InChI is InChI=1S/C26H31ClFN7O/c1-15-6-8-18(9-7-15)35-24-22(14-30-25(34-24)31-17-4-2-3-5-19(36)12-17)32-26(35)33-23-20(27)10-16(13-29)11-21(23)28/h10-11,14-15,17-19,36H,2-9,12H2,1H3,(H,32,33)(H,30,31,34)/t15?,17-,18?,19-/m0/s1. The molecular weight excluding hydrogens is 481 g/mol. The molecule has 10 heteroatoms. The number of hydrogen-bond donors (Lipinski definition) is 3. The molecule has 0 saturated heterocycles. The zero-order valence-corrected chi connectivity index (χ0v) is 21.1. The number of anilines is 3. The van der Waals surface area contributed by atoms with E-state index in [9.17, 15) is 9.50 Å². The summed E-state index contributed by atoms with van der Waals surface area (Å²) in [6.45, 7) is 2.26. The fourth-order valence-electron chi connectivity index (χ4n) is 5.41. The van der Waals surface area contributed by atoms with Gasteiger partial charge in [0.15, 0.2) is 5.65 Å². The molecule has 2 atom stereocenters. The van der Waals surface area contributed by atoms with E-state index in [4.69, 9.17) is 26.8 Å². The van der Waals surface area contributed by atoms with Crippen molar-refractivity contribution in [2.24, 2.45) is 5.92 Å². The van der Waals surface area contributed by atoms with Crippen LogP contribution in [0.15, 0.2) is 18.3 Å². The molecule has 3 N–H and O–H groups in total. The minimum Gasteiger partial charge on any atom is -0.393 e. The third kappa shape index (κ3) is 5.25. The number of halogens is 2. The quantitative estimate of drug-likeness (QED) is 0.355. The highest BCUT2D eigenvalue weighted by Crippen LogP contribution is 2.38. The molecular formula is C26H31ClFN7O. The van der Waals surface area contributed by atoms with Gasteiger partial charge in [-0.3, -0.25) is 4.57 Å². The number of hydrogen-bond acceptors (Lipinski definition) is 7. The highest BCUT2D eigenvalue weighted by atomic mass is 35.5. The molecule has 36 heavy (non-hydrogen) atoms. The van der Waals surface area contributed by atoms with E-state index >= 15 is 0 Å². The van der Waals surface area contributed by atoms with Crippen molar-refractivity contribution in [1.82, 2.24) is 19.5 Å². The normalized spacial score (nSPS) is 24.8. The van der Waals surface area contributed by atoms with Crippen molar-refractivity contribution < 1.29 is 9.50 Å². The lowest BCUT2D eigenvalue weighted by molar-refractivity contribution is 0.154. The Morgan fingerprint density at radius 3 is 2.67 bits per heavy atom. The molecule has 190 valence electrons. The van der Waals surface area contributed by atoms with Gasteiger partial charge in [0, 0.05) is 12.1 Å². The topological polar surface area (TPSA) is 112 Å². The van der Waals surface area contributed by atoms with Gasteiger partial charge in [-0.15, -0.1) is 0 Å². The first-order valence-electron chi connectivity index (χ1n) is 12.8. The molecule has 3 aromatic rings. The van der Waals surface area contributed by atoms with E-state index in [-0.39, 0.29) is 34.5 Å². The predicted octanol–water partition coefficient (Wildman–Crippen LogP) is 6.09. The number of fused-ring (bicyclic) bond motifs is 1. The highest BCUT2D eigenvalue weighted by molar-refractivity contribution is 6.33. The molecule has 0 unspecified atom stereocenters. The molecule has 2 saturated carbocycles. The van der Waals surface area contributed by atoms with Crippen LogP contribution in [-0.2, 0) is 0 Å². The third-order valence-corrected chi connectivity index (χ3v) is 7.72. The molecule has 2 fully saturated rings. The molecule has 0 spiro atoms. The summed E-state index contributed by atoms with van der Waals surface area (Å²) in [4.78, 5) is 14.0. The monoisotopic (exact) mass is 511 g/mol. The predicted molar refractivity (Wildman–Crippen MR) is 138 cm³/mol. The second-order valence-corrected chi connectivity index (χ2v) is 10.6. The Balaban J connectivity index is 1.52. The summed E-state index contributed by atoms with van der Waals surface area (Å²) >= 11 is 6.33. The lowest BCUT2D eigenvalue weighted by Gasteiger charge is -2.28. The molecule has 2 aromatic heterocycles. The van der Waals surface area contributed by atoms with Crippen LogP contribution in [-0.4, -0.2) is 36.8 Å². The summed E-state index contributed by atoms with van der Waals surface area (Å²) in [6, 6.07) is 4.77. The Bertz CT molecular complexity index is 1260. The summed E-state index contributed by atoms with van der Waals surface area (Å²) < 4.78 is 16.9. The number of benzene rings is 1. The number of aliphatic hydroxyl groups is 1. The van der Waals surface area contributed by atoms with E-state index in [1.165, 1.54) is 6.07 Å². The molecule has 2 heterocycles. The molecule has 8 nitrogen and oxygen atoms in total. The molecule has 2 aliphatic carbocycles. The number of nitrogens with zero attached hydrogens (tertiary/aromatic N) is 5. The van der Waals surface area contributed by atoms with Gasteiger partial charge in [0.25, 0.3) is 0 Å². The van der Waals surface area contributed by atoms with Crippen molar-refractivity contribution in [2.75, 3.05) is 10.6 Å². The maximum absolute atomic E-state index is 14.9. The Labute approximate surface area is 214 Å². The van der Waals surface area contributed by atoms with Crippen LogP contribution in [0.4, 0.5) is 22.0 Å². The second-order valence-electron chi connectivity index (χ2n) is 10.2. The number of nitrogens with one attached hydrogen (secondary N) is 2. The number of aromatic nitrogens is 4. The third-order valence-electron chi connectivity index (χ3n) is 7.42. The number of aliphatic hydroxyl groups excluding tert-OH is 1. The van der Waals surface area contributed by atoms with Gasteiger partial charge in [-0.05, 0) is 63.0 Å². The molecule has 0 radical (unpaired) electrons. The SMILES string of the molecule is CC1CCC(n2c(Nc3c(F)cc(C#N)cc3Cl)nc3cnc(N[C@H]4CCCC[C@H](O)C4)nc32)CC1. The first-order valence-corrected chi connectivity index (χ1v) is 13.1. The highest BCUT2D eigenvalue weighted by Gasteiger charge is 2.27. The van der Waals surface area contributed by atoms with Gasteiger partial charge in [0.1, 0.15) is 11.3 Å². The van der Waals surface area contributed by atoms with Crippen LogP contribution in [0.3, 0.4) is 0 Å². The molecule has 0 amide bonds. The van der Waals surface area contributed by atoms with Crippen LogP contribution in [0.5, 0.6) is 0 Å². The fraction of sp³-hybridized carbons (Fsp3) is 0.538. The molecule has 0 aliphatic heterocycles. The first kappa shape index (κ1) is 24.7. The van der Waals surface area contributed by atoms with Crippen molar-refractivity contribution in [3.8, 4) is 6.07 Å². The van der Waals surface area contributed by atoms with Crippen molar-refractivity contribution in [2.45, 2.75) is 82.9 Å². The first-order chi connectivity index (χ1) is 17.4. The summed E-state index contributed by atoms with van der Waals surface area (Å²) in [5, 5.41) is 25.9. The van der Waals surface area contributed by atoms with Crippen LogP contribution in [0.25, 0.3) is 11.2 Å². The number of nitriles is 1. The van der Waals surface area contributed by atoms with Gasteiger partial charge in [0.05, 0.1) is 34.6 Å². The van der Waals surface area contributed by atoms with Gasteiger partial charge >= 0.3 is 0 Å². The van der Waals surface area contributed by atoms with Crippen LogP contribution in [0.1, 0.15) is 76.3 Å². The van der Waals surface area contributed by atoms with Crippen LogP contribution in [0, 0.1) is 23.1 Å². The van der Waals surface area contributed by atoms with Crippen molar-refractivity contribution >= 4 is 40.3 Å². The van der Waals surface area contributed by atoms with Crippen LogP contribution < -0.4 is 10.6 Å². The van der Waals surface area contributed by atoms with E-state index in [1.54, 1.807) is 6.20 Å². The lowest BCUT2D eigenvalue weighted by atomic mass is 9.87. The van der Waals surface area contributed by atoms with Gasteiger partial charge < -0.3 is 15.7 Å². The zero-order chi connectivity index (χ0) is 25.2. The molecule has 0 bridgehead atoms. The fourth-order valence-corrected chi connectivity index (χ4v) is 5.67. The molecule has 2 aliphatic rings. The lowest BCUT2D eigenvalue weighted by Crippen LogP contribution is -2.24. The van der Waals surface area contributed by atoms with Gasteiger partial charge in [-0.2, -0.15) is 10.2 Å². The summed E-state index contributed by atoms with van der Waals surface area (Å²) in [5.41, 5.74) is 1.51. The Morgan fingerprint density at radius 1 is 1.14 bits per heavy atom. The smallest absolute Gasteiger partial charge is 0.224 e. The van der Waals surface area contributed by atoms with E-state index in [0.717, 1.165) is 57.4 Å². The Hall–Kier alpha value is -2.96. The number of imidazole rings is 1. The summed E-state index contributed by atoms with van der Waals surface area (Å²) in [6.07, 6.45) is 10.0. The second kappa shape index (κ2) is 10.6. The van der Waals surface area contributed by atoms with Crippen molar-refractivity contribution in [3.63, 3.8) is 0 Å². The Kier molecular flexibility index (Phi) is 7.26. The summed E-state index contributed by atoms with van der Waals surface area (Å²) in [5.74, 6) is 0.995. The minimum atomic E-state index is -0.615. The molecule has 5 rings (SSSR count). The maximum atomic E-state index is 14.9. The average molecular weight is 512 g/mol. The Morgan fingerprint density at radius 2 is 1.92 bits per heavy atom. The zero-order valence-electron chi connectivity index (χ0n) is 20.3. The van der Waals surface area contributed by atoms with Crippen molar-refractivity contribution in [1.29, 1.82) is 5.26 Å².